The largest absolute Gasteiger partial charge is 0.320 e. The summed E-state index contributed by atoms with van der Waals surface area (Å²) in [5.74, 6) is -0.319. The standard InChI is InChI=1S/C15H17ClN4O3/c1-9-4-5-12(13(8-9)20(22)23)17-14(21)6-7-19-11(3)15(16)10(2)18-19/h4-5,8H,6-7H2,1-3H3,(H,17,21). The zero-order chi connectivity index (χ0) is 17.1. The molecular weight excluding hydrogens is 320 g/mol. The second kappa shape index (κ2) is 6.78. The Morgan fingerprint density at radius 2 is 2.09 bits per heavy atom. The van der Waals surface area contributed by atoms with Gasteiger partial charge in [0.15, 0.2) is 0 Å². The van der Waals surface area contributed by atoms with Crippen LogP contribution in [-0.4, -0.2) is 20.6 Å². The number of benzene rings is 1. The number of aromatic nitrogens is 2. The maximum absolute atomic E-state index is 12.0. The van der Waals surface area contributed by atoms with Crippen LogP contribution in [-0.2, 0) is 11.3 Å². The molecule has 1 heterocycles. The molecule has 0 aliphatic rings. The van der Waals surface area contributed by atoms with Gasteiger partial charge in [0, 0.05) is 12.5 Å². The normalized spacial score (nSPS) is 10.6. The van der Waals surface area contributed by atoms with Crippen LogP contribution >= 0.6 is 11.6 Å². The molecule has 0 saturated heterocycles. The van der Waals surface area contributed by atoms with E-state index >= 15 is 0 Å². The fourth-order valence-corrected chi connectivity index (χ4v) is 2.35. The summed E-state index contributed by atoms with van der Waals surface area (Å²) < 4.78 is 1.65. The molecule has 1 amide bonds. The molecule has 8 heteroatoms. The highest BCUT2D eigenvalue weighted by Crippen LogP contribution is 2.25. The Hall–Kier alpha value is -2.41. The number of anilines is 1. The zero-order valence-electron chi connectivity index (χ0n) is 13.1. The summed E-state index contributed by atoms with van der Waals surface area (Å²) >= 11 is 6.06. The van der Waals surface area contributed by atoms with Crippen LogP contribution in [0.3, 0.4) is 0 Å². The van der Waals surface area contributed by atoms with Crippen LogP contribution in [0, 0.1) is 30.9 Å². The van der Waals surface area contributed by atoms with Crippen LogP contribution in [0.1, 0.15) is 23.4 Å². The average Bonchev–Trinajstić information content (AvgIpc) is 2.74. The van der Waals surface area contributed by atoms with Gasteiger partial charge in [-0.25, -0.2) is 0 Å². The monoisotopic (exact) mass is 336 g/mol. The lowest BCUT2D eigenvalue weighted by atomic mass is 10.2. The summed E-state index contributed by atoms with van der Waals surface area (Å²) in [5.41, 5.74) is 2.33. The molecular formula is C15H17ClN4O3. The van der Waals surface area contributed by atoms with Gasteiger partial charge in [0.2, 0.25) is 5.91 Å². The summed E-state index contributed by atoms with van der Waals surface area (Å²) in [6.45, 7) is 5.72. The molecule has 122 valence electrons. The molecule has 0 bridgehead atoms. The van der Waals surface area contributed by atoms with Crippen LogP contribution in [0.15, 0.2) is 18.2 Å². The van der Waals surface area contributed by atoms with Gasteiger partial charge in [0.25, 0.3) is 5.69 Å². The highest BCUT2D eigenvalue weighted by Gasteiger charge is 2.16. The van der Waals surface area contributed by atoms with Crippen LogP contribution < -0.4 is 5.32 Å². The summed E-state index contributed by atoms with van der Waals surface area (Å²) in [4.78, 5) is 22.6. The number of nitrogens with one attached hydrogen (secondary N) is 1. The number of nitrogens with zero attached hydrogens (tertiary/aromatic N) is 3. The maximum Gasteiger partial charge on any atom is 0.293 e. The van der Waals surface area contributed by atoms with Crippen LogP contribution in [0.2, 0.25) is 5.02 Å². The number of hydrogen-bond acceptors (Lipinski definition) is 4. The van der Waals surface area contributed by atoms with E-state index in [1.165, 1.54) is 12.1 Å². The lowest BCUT2D eigenvalue weighted by Crippen LogP contribution is -2.16. The first-order valence-corrected chi connectivity index (χ1v) is 7.41. The Morgan fingerprint density at radius 3 is 2.65 bits per heavy atom. The third-order valence-corrected chi connectivity index (χ3v) is 4.01. The molecule has 0 aliphatic heterocycles. The van der Waals surface area contributed by atoms with E-state index in [1.807, 2.05) is 6.92 Å². The summed E-state index contributed by atoms with van der Waals surface area (Å²) in [6.07, 6.45) is 0.142. The Morgan fingerprint density at radius 1 is 1.39 bits per heavy atom. The highest BCUT2D eigenvalue weighted by atomic mass is 35.5. The van der Waals surface area contributed by atoms with Gasteiger partial charge in [-0.05, 0) is 32.4 Å². The van der Waals surface area contributed by atoms with Gasteiger partial charge in [0.1, 0.15) is 5.69 Å². The van der Waals surface area contributed by atoms with Gasteiger partial charge in [0.05, 0.1) is 27.9 Å². The first-order chi connectivity index (χ1) is 10.8. The Bertz CT molecular complexity index is 770. The molecule has 0 saturated carbocycles. The van der Waals surface area contributed by atoms with Crippen molar-refractivity contribution in [2.75, 3.05) is 5.32 Å². The number of nitro groups is 1. The number of aryl methyl sites for hydroxylation is 3. The first kappa shape index (κ1) is 17.0. The van der Waals surface area contributed by atoms with E-state index < -0.39 is 4.92 Å². The number of hydrogen-bond donors (Lipinski definition) is 1. The molecule has 1 aromatic heterocycles. The minimum atomic E-state index is -0.511. The quantitative estimate of drug-likeness (QED) is 0.669. The molecule has 23 heavy (non-hydrogen) atoms. The second-order valence-electron chi connectivity index (χ2n) is 5.28. The molecule has 0 radical (unpaired) electrons. The summed E-state index contributed by atoms with van der Waals surface area (Å²) in [6, 6.07) is 4.67. The smallest absolute Gasteiger partial charge is 0.293 e. The third kappa shape index (κ3) is 3.87. The third-order valence-electron chi connectivity index (χ3n) is 3.47. The fraction of sp³-hybridized carbons (Fsp3) is 0.333. The van der Waals surface area contributed by atoms with Crippen molar-refractivity contribution >= 4 is 28.9 Å². The number of rotatable bonds is 5. The van der Waals surface area contributed by atoms with Gasteiger partial charge < -0.3 is 5.32 Å². The van der Waals surface area contributed by atoms with Crippen molar-refractivity contribution in [1.29, 1.82) is 0 Å². The van der Waals surface area contributed by atoms with Gasteiger partial charge in [-0.1, -0.05) is 17.7 Å². The lowest BCUT2D eigenvalue weighted by molar-refractivity contribution is -0.384. The van der Waals surface area contributed by atoms with Crippen LogP contribution in [0.5, 0.6) is 0 Å². The molecule has 7 nitrogen and oxygen atoms in total. The van der Waals surface area contributed by atoms with Crippen molar-refractivity contribution in [3.05, 3.63) is 50.3 Å². The van der Waals surface area contributed by atoms with Gasteiger partial charge in [-0.15, -0.1) is 0 Å². The first-order valence-electron chi connectivity index (χ1n) is 7.04. The topological polar surface area (TPSA) is 90.1 Å². The van der Waals surface area contributed by atoms with E-state index in [-0.39, 0.29) is 23.7 Å². The molecule has 2 rings (SSSR count). The van der Waals surface area contributed by atoms with Crippen molar-refractivity contribution < 1.29 is 9.72 Å². The van der Waals surface area contributed by atoms with Crippen LogP contribution in [0.4, 0.5) is 11.4 Å². The van der Waals surface area contributed by atoms with Gasteiger partial charge >= 0.3 is 0 Å². The van der Waals surface area contributed by atoms with Crippen molar-refractivity contribution in [1.82, 2.24) is 9.78 Å². The molecule has 0 atom stereocenters. The minimum Gasteiger partial charge on any atom is -0.320 e. The molecule has 0 aliphatic carbocycles. The Balaban J connectivity index is 2.05. The second-order valence-corrected chi connectivity index (χ2v) is 5.66. The van der Waals surface area contributed by atoms with Crippen molar-refractivity contribution in [2.24, 2.45) is 0 Å². The van der Waals surface area contributed by atoms with E-state index in [1.54, 1.807) is 24.6 Å². The van der Waals surface area contributed by atoms with E-state index in [9.17, 15) is 14.9 Å². The van der Waals surface area contributed by atoms with Crippen molar-refractivity contribution in [2.45, 2.75) is 33.7 Å². The molecule has 1 N–H and O–H groups in total. The number of carbonyl (C=O) groups is 1. The summed E-state index contributed by atoms with van der Waals surface area (Å²) in [7, 11) is 0. The number of carbonyl (C=O) groups excluding carboxylic acids is 1. The highest BCUT2D eigenvalue weighted by molar-refractivity contribution is 6.31. The van der Waals surface area contributed by atoms with E-state index in [2.05, 4.69) is 10.4 Å². The van der Waals surface area contributed by atoms with Crippen molar-refractivity contribution in [3.8, 4) is 0 Å². The summed E-state index contributed by atoms with van der Waals surface area (Å²) in [5, 5.41) is 18.4. The number of amides is 1. The Labute approximate surface area is 138 Å². The predicted octanol–water partition coefficient (Wildman–Crippen LogP) is 3.40. The van der Waals surface area contributed by atoms with Gasteiger partial charge in [-0.3, -0.25) is 19.6 Å². The minimum absolute atomic E-state index is 0.118. The van der Waals surface area contributed by atoms with Crippen LogP contribution in [0.25, 0.3) is 0 Å². The fourth-order valence-electron chi connectivity index (χ4n) is 2.21. The number of halogens is 1. The van der Waals surface area contributed by atoms with Gasteiger partial charge in [-0.2, -0.15) is 5.10 Å². The van der Waals surface area contributed by atoms with E-state index in [4.69, 9.17) is 11.6 Å². The zero-order valence-corrected chi connectivity index (χ0v) is 13.8. The SMILES string of the molecule is Cc1ccc(NC(=O)CCn2nc(C)c(Cl)c2C)c([N+](=O)[O-])c1. The van der Waals surface area contributed by atoms with E-state index in [0.29, 0.717) is 17.3 Å². The van der Waals surface area contributed by atoms with Crippen molar-refractivity contribution in [3.63, 3.8) is 0 Å². The molecule has 0 unspecified atom stereocenters. The van der Waals surface area contributed by atoms with E-state index in [0.717, 1.165) is 11.3 Å². The number of nitro benzene ring substituents is 1. The molecule has 0 fully saturated rings. The predicted molar refractivity (Wildman–Crippen MR) is 87.8 cm³/mol. The molecule has 2 aromatic rings. The maximum atomic E-state index is 12.0. The Kier molecular flexibility index (Phi) is 5.00. The molecule has 0 spiro atoms. The average molecular weight is 337 g/mol. The molecule has 1 aromatic carbocycles. The lowest BCUT2D eigenvalue weighted by Gasteiger charge is -2.08.